The Morgan fingerprint density at radius 3 is 1.40 bits per heavy atom. The zero-order valence-electron chi connectivity index (χ0n) is 16.0. The fourth-order valence-electron chi connectivity index (χ4n) is 2.63. The summed E-state index contributed by atoms with van der Waals surface area (Å²) in [6.07, 6.45) is 0. The molecule has 0 aromatic heterocycles. The van der Waals surface area contributed by atoms with Crippen molar-refractivity contribution >= 4 is 9.05 Å². The highest BCUT2D eigenvalue weighted by Gasteiger charge is 2.51. The molecule has 5 heteroatoms. The molecule has 2 aromatic rings. The van der Waals surface area contributed by atoms with E-state index in [9.17, 15) is 0 Å². The van der Waals surface area contributed by atoms with Crippen LogP contribution in [0.2, 0.25) is 0 Å². The van der Waals surface area contributed by atoms with Gasteiger partial charge in [0, 0.05) is 13.2 Å². The Balaban J connectivity index is 2.38. The summed E-state index contributed by atoms with van der Waals surface area (Å²) in [4.78, 5) is 0. The molecule has 0 aliphatic heterocycles. The van der Waals surface area contributed by atoms with Crippen LogP contribution in [0.15, 0.2) is 36.4 Å². The van der Waals surface area contributed by atoms with Crippen molar-refractivity contribution in [3.8, 4) is 11.5 Å². The minimum absolute atomic E-state index is 0.446. The van der Waals surface area contributed by atoms with Crippen molar-refractivity contribution in [2.45, 2.75) is 41.5 Å². The largest absolute Gasteiger partial charge is 0.820 e. The zero-order chi connectivity index (χ0) is 18.4. The molecule has 0 N–H and O–H groups in total. The lowest BCUT2D eigenvalue weighted by Gasteiger charge is -2.29. The minimum Gasteiger partial charge on any atom is -0.471 e. The van der Waals surface area contributed by atoms with E-state index >= 15 is 0 Å². The Morgan fingerprint density at radius 1 is 0.680 bits per heavy atom. The molecule has 0 aliphatic carbocycles. The van der Waals surface area contributed by atoms with Gasteiger partial charge in [-0.15, -0.1) is 0 Å². The van der Waals surface area contributed by atoms with Gasteiger partial charge in [0.15, 0.2) is 0 Å². The van der Waals surface area contributed by atoms with Crippen molar-refractivity contribution in [2.24, 2.45) is 0 Å². The first-order chi connectivity index (χ1) is 11.9. The molecule has 25 heavy (non-hydrogen) atoms. The molecule has 0 saturated carbocycles. The van der Waals surface area contributed by atoms with Crippen molar-refractivity contribution in [3.63, 3.8) is 0 Å². The van der Waals surface area contributed by atoms with Crippen LogP contribution in [-0.4, -0.2) is 22.3 Å². The van der Waals surface area contributed by atoms with E-state index in [0.717, 1.165) is 22.6 Å². The van der Waals surface area contributed by atoms with Crippen LogP contribution in [0.4, 0.5) is 0 Å². The van der Waals surface area contributed by atoms with Gasteiger partial charge in [-0.3, -0.25) is 0 Å². The third kappa shape index (κ3) is 5.08. The van der Waals surface area contributed by atoms with E-state index in [2.05, 4.69) is 26.0 Å². The Labute approximate surface area is 152 Å². The van der Waals surface area contributed by atoms with Gasteiger partial charge in [-0.05, 0) is 64.8 Å². The van der Waals surface area contributed by atoms with Crippen molar-refractivity contribution in [1.29, 1.82) is 0 Å². The van der Waals surface area contributed by atoms with E-state index in [0.29, 0.717) is 13.2 Å². The van der Waals surface area contributed by atoms with Crippen LogP contribution in [0.5, 0.6) is 11.5 Å². The fraction of sp³-hybridized carbons (Fsp3) is 0.400. The molecule has 0 atom stereocenters. The van der Waals surface area contributed by atoms with Gasteiger partial charge in [0.25, 0.3) is 0 Å². The highest BCUT2D eigenvalue weighted by molar-refractivity contribution is 6.55. The molecule has 2 rings (SSSR count). The maximum Gasteiger partial charge on any atom is 0.820 e. The van der Waals surface area contributed by atoms with Gasteiger partial charge >= 0.3 is 9.05 Å². The van der Waals surface area contributed by atoms with E-state index in [1.54, 1.807) is 0 Å². The molecule has 136 valence electrons. The molecular formula is C20H28O4Si. The first-order valence-corrected chi connectivity index (χ1v) is 10.3. The molecule has 0 fully saturated rings. The standard InChI is InChI=1S/C20H28O4Si/c1-7-21-25(22-8-2,23-19-11-9-15(3)13-17(19)5)24-20-12-10-16(4)14-18(20)6/h9-14H,7-8H2,1-6H3. The van der Waals surface area contributed by atoms with Crippen molar-refractivity contribution in [1.82, 2.24) is 0 Å². The van der Waals surface area contributed by atoms with Gasteiger partial charge in [0.1, 0.15) is 11.5 Å². The summed E-state index contributed by atoms with van der Waals surface area (Å²) in [5.41, 5.74) is 4.42. The molecule has 0 aliphatic rings. The Bertz CT molecular complexity index is 653. The SMILES string of the molecule is CCO[Si](OCC)(Oc1ccc(C)cc1C)Oc1ccc(C)cc1C. The molecule has 0 saturated heterocycles. The lowest BCUT2D eigenvalue weighted by atomic mass is 10.1. The average Bonchev–Trinajstić information content (AvgIpc) is 2.53. The van der Waals surface area contributed by atoms with Gasteiger partial charge < -0.3 is 17.7 Å². The summed E-state index contributed by atoms with van der Waals surface area (Å²) in [6, 6.07) is 12.0. The first-order valence-electron chi connectivity index (χ1n) is 8.69. The quantitative estimate of drug-likeness (QED) is 0.628. The molecule has 0 bridgehead atoms. The molecule has 0 radical (unpaired) electrons. The summed E-state index contributed by atoms with van der Waals surface area (Å²) < 4.78 is 24.3. The van der Waals surface area contributed by atoms with E-state index in [-0.39, 0.29) is 0 Å². The number of hydrogen-bond acceptors (Lipinski definition) is 4. The second-order valence-corrected chi connectivity index (χ2v) is 8.09. The van der Waals surface area contributed by atoms with Crippen LogP contribution in [0, 0.1) is 27.7 Å². The predicted molar refractivity (Wildman–Crippen MR) is 102 cm³/mol. The van der Waals surface area contributed by atoms with Gasteiger partial charge in [-0.2, -0.15) is 0 Å². The average molecular weight is 361 g/mol. The second-order valence-electron chi connectivity index (χ2n) is 6.11. The lowest BCUT2D eigenvalue weighted by molar-refractivity contribution is 0.0488. The highest BCUT2D eigenvalue weighted by atomic mass is 28.4. The van der Waals surface area contributed by atoms with E-state index in [1.807, 2.05) is 52.0 Å². The van der Waals surface area contributed by atoms with Crippen LogP contribution >= 0.6 is 0 Å². The van der Waals surface area contributed by atoms with Crippen LogP contribution in [0.25, 0.3) is 0 Å². The van der Waals surface area contributed by atoms with Gasteiger partial charge in [-0.25, -0.2) is 0 Å². The summed E-state index contributed by atoms with van der Waals surface area (Å²) in [7, 11) is -3.37. The van der Waals surface area contributed by atoms with E-state index < -0.39 is 9.05 Å². The Morgan fingerprint density at radius 2 is 1.08 bits per heavy atom. The third-order valence-corrected chi connectivity index (χ3v) is 6.00. The molecule has 2 aromatic carbocycles. The topological polar surface area (TPSA) is 36.9 Å². The summed E-state index contributed by atoms with van der Waals surface area (Å²) in [6.45, 7) is 12.9. The van der Waals surface area contributed by atoms with Gasteiger partial charge in [0.05, 0.1) is 0 Å². The number of hydrogen-bond donors (Lipinski definition) is 0. The van der Waals surface area contributed by atoms with Crippen LogP contribution < -0.4 is 8.85 Å². The van der Waals surface area contributed by atoms with Crippen LogP contribution in [0.1, 0.15) is 36.1 Å². The zero-order valence-corrected chi connectivity index (χ0v) is 17.0. The minimum atomic E-state index is -3.37. The molecule has 0 unspecified atom stereocenters. The monoisotopic (exact) mass is 360 g/mol. The van der Waals surface area contributed by atoms with Gasteiger partial charge in [-0.1, -0.05) is 35.4 Å². The lowest BCUT2D eigenvalue weighted by Crippen LogP contribution is -2.55. The Kier molecular flexibility index (Phi) is 6.64. The van der Waals surface area contributed by atoms with Crippen molar-refractivity contribution in [3.05, 3.63) is 58.7 Å². The number of benzene rings is 2. The molecule has 0 heterocycles. The predicted octanol–water partition coefficient (Wildman–Crippen LogP) is 4.89. The Hall–Kier alpha value is -1.82. The maximum atomic E-state index is 6.23. The second kappa shape index (κ2) is 8.51. The van der Waals surface area contributed by atoms with Crippen LogP contribution in [-0.2, 0) is 8.85 Å². The summed E-state index contributed by atoms with van der Waals surface area (Å²) in [5, 5.41) is 0. The van der Waals surface area contributed by atoms with Crippen LogP contribution in [0.3, 0.4) is 0 Å². The molecular weight excluding hydrogens is 332 g/mol. The molecule has 4 nitrogen and oxygen atoms in total. The van der Waals surface area contributed by atoms with Crippen molar-refractivity contribution in [2.75, 3.05) is 13.2 Å². The summed E-state index contributed by atoms with van der Waals surface area (Å²) >= 11 is 0. The fourth-order valence-corrected chi connectivity index (χ4v) is 4.70. The smallest absolute Gasteiger partial charge is 0.471 e. The van der Waals surface area contributed by atoms with E-state index in [4.69, 9.17) is 17.7 Å². The highest BCUT2D eigenvalue weighted by Crippen LogP contribution is 2.28. The summed E-state index contributed by atoms with van der Waals surface area (Å²) in [5.74, 6) is 1.45. The normalized spacial score (nSPS) is 11.4. The molecule has 0 spiro atoms. The number of aryl methyl sites for hydroxylation is 4. The molecule has 0 amide bonds. The first kappa shape index (κ1) is 19.5. The number of rotatable bonds is 8. The van der Waals surface area contributed by atoms with Crippen molar-refractivity contribution < 1.29 is 17.7 Å². The van der Waals surface area contributed by atoms with Gasteiger partial charge in [0.2, 0.25) is 0 Å². The third-order valence-electron chi connectivity index (χ3n) is 3.77. The maximum absolute atomic E-state index is 6.23. The van der Waals surface area contributed by atoms with E-state index in [1.165, 1.54) is 11.1 Å².